The lowest BCUT2D eigenvalue weighted by atomic mass is 9.72. The van der Waals surface area contributed by atoms with Crippen LogP contribution in [0.4, 0.5) is 0 Å². The molecule has 0 aromatic heterocycles. The van der Waals surface area contributed by atoms with Gasteiger partial charge in [0.05, 0.1) is 0 Å². The van der Waals surface area contributed by atoms with Crippen molar-refractivity contribution in [3.63, 3.8) is 0 Å². The van der Waals surface area contributed by atoms with Crippen LogP contribution in [-0.4, -0.2) is 10.7 Å². The van der Waals surface area contributed by atoms with Gasteiger partial charge in [0.1, 0.15) is 5.60 Å². The second-order valence-corrected chi connectivity index (χ2v) is 5.34. The van der Waals surface area contributed by atoms with Crippen LogP contribution in [0, 0.1) is 5.92 Å². The molecule has 0 bridgehead atoms. The van der Waals surface area contributed by atoms with E-state index in [1.165, 1.54) is 19.3 Å². The molecule has 18 heavy (non-hydrogen) atoms. The average Bonchev–Trinajstić information content (AvgIpc) is 2.42. The first-order valence-electron chi connectivity index (χ1n) is 7.19. The predicted octanol–water partition coefficient (Wildman–Crippen LogP) is 4.52. The average molecular weight is 248 g/mol. The first kappa shape index (κ1) is 13.3. The lowest BCUT2D eigenvalue weighted by molar-refractivity contribution is -0.0304. The summed E-state index contributed by atoms with van der Waals surface area (Å²) in [5, 5.41) is 9.89. The molecular weight excluding hydrogens is 224 g/mol. The summed E-state index contributed by atoms with van der Waals surface area (Å²) in [6.07, 6.45) is 7.07. The minimum atomic E-state index is -0.0775. The monoisotopic (exact) mass is 248 g/mol. The van der Waals surface area contributed by atoms with Crippen LogP contribution in [0.1, 0.15) is 52.4 Å². The Morgan fingerprint density at radius 3 is 2.72 bits per heavy atom. The zero-order valence-corrected chi connectivity index (χ0v) is 11.5. The van der Waals surface area contributed by atoms with Gasteiger partial charge in [0.15, 0.2) is 11.5 Å². The molecule has 1 saturated carbocycles. The van der Waals surface area contributed by atoms with Crippen molar-refractivity contribution in [2.24, 2.45) is 5.92 Å². The maximum atomic E-state index is 9.89. The van der Waals surface area contributed by atoms with E-state index in [4.69, 9.17) is 4.74 Å². The molecule has 2 unspecified atom stereocenters. The van der Waals surface area contributed by atoms with Gasteiger partial charge >= 0.3 is 0 Å². The van der Waals surface area contributed by atoms with Gasteiger partial charge in [-0.25, -0.2) is 0 Å². The summed E-state index contributed by atoms with van der Waals surface area (Å²) in [4.78, 5) is 0. The molecule has 1 fully saturated rings. The minimum absolute atomic E-state index is 0.0775. The fraction of sp³-hybridized carbons (Fsp3) is 0.625. The molecule has 1 N–H and O–H groups in total. The number of rotatable bonds is 4. The highest BCUT2D eigenvalue weighted by Gasteiger charge is 2.40. The Kier molecular flexibility index (Phi) is 4.15. The molecule has 2 heteroatoms. The Labute approximate surface area is 110 Å². The third kappa shape index (κ3) is 2.47. The van der Waals surface area contributed by atoms with Gasteiger partial charge in [-0.3, -0.25) is 0 Å². The van der Waals surface area contributed by atoms with Crippen LogP contribution in [0.5, 0.6) is 11.5 Å². The van der Waals surface area contributed by atoms with Crippen LogP contribution in [-0.2, 0) is 0 Å². The molecule has 1 aliphatic rings. The standard InChI is InChI=1S/C16H24O2/c1-3-13-9-7-8-12-16(13,4-2)18-15-11-6-5-10-14(15)17/h5-6,10-11,13,17H,3-4,7-9,12H2,1-2H3. The van der Waals surface area contributed by atoms with Crippen molar-refractivity contribution >= 4 is 0 Å². The fourth-order valence-corrected chi connectivity index (χ4v) is 3.29. The lowest BCUT2D eigenvalue weighted by Crippen LogP contribution is -2.45. The quantitative estimate of drug-likeness (QED) is 0.848. The molecule has 0 amide bonds. The molecule has 1 aliphatic carbocycles. The molecule has 0 saturated heterocycles. The second kappa shape index (κ2) is 5.64. The van der Waals surface area contributed by atoms with Crippen molar-refractivity contribution in [1.82, 2.24) is 0 Å². The normalized spacial score (nSPS) is 28.0. The van der Waals surface area contributed by atoms with Crippen LogP contribution in [0.15, 0.2) is 24.3 Å². The molecule has 0 spiro atoms. The Morgan fingerprint density at radius 1 is 1.28 bits per heavy atom. The van der Waals surface area contributed by atoms with Gasteiger partial charge in [0.25, 0.3) is 0 Å². The van der Waals surface area contributed by atoms with Gasteiger partial charge in [-0.15, -0.1) is 0 Å². The van der Waals surface area contributed by atoms with E-state index in [2.05, 4.69) is 13.8 Å². The number of ether oxygens (including phenoxy) is 1. The van der Waals surface area contributed by atoms with E-state index >= 15 is 0 Å². The van der Waals surface area contributed by atoms with E-state index in [0.717, 1.165) is 19.3 Å². The topological polar surface area (TPSA) is 29.5 Å². The van der Waals surface area contributed by atoms with Crippen molar-refractivity contribution in [3.8, 4) is 11.5 Å². The molecular formula is C16H24O2. The van der Waals surface area contributed by atoms with Gasteiger partial charge in [0.2, 0.25) is 0 Å². The Balaban J connectivity index is 2.24. The third-order valence-electron chi connectivity index (χ3n) is 4.42. The third-order valence-corrected chi connectivity index (χ3v) is 4.42. The van der Waals surface area contributed by atoms with Crippen molar-refractivity contribution in [1.29, 1.82) is 0 Å². The van der Waals surface area contributed by atoms with E-state index in [-0.39, 0.29) is 11.4 Å². The number of benzene rings is 1. The number of hydrogen-bond acceptors (Lipinski definition) is 2. The van der Waals surface area contributed by atoms with Crippen LogP contribution in [0.3, 0.4) is 0 Å². The van der Waals surface area contributed by atoms with Gasteiger partial charge < -0.3 is 9.84 Å². The zero-order valence-electron chi connectivity index (χ0n) is 11.5. The van der Waals surface area contributed by atoms with Crippen LogP contribution >= 0.6 is 0 Å². The molecule has 1 aromatic carbocycles. The molecule has 0 radical (unpaired) electrons. The van der Waals surface area contributed by atoms with Gasteiger partial charge in [-0.05, 0) is 50.2 Å². The number of aromatic hydroxyl groups is 1. The molecule has 2 nitrogen and oxygen atoms in total. The molecule has 2 rings (SSSR count). The second-order valence-electron chi connectivity index (χ2n) is 5.34. The summed E-state index contributed by atoms with van der Waals surface area (Å²) in [5.74, 6) is 1.50. The largest absolute Gasteiger partial charge is 0.504 e. The maximum Gasteiger partial charge on any atom is 0.161 e. The van der Waals surface area contributed by atoms with Crippen molar-refractivity contribution in [2.45, 2.75) is 58.0 Å². The Bertz CT molecular complexity index is 388. The number of hydrogen-bond donors (Lipinski definition) is 1. The minimum Gasteiger partial charge on any atom is -0.504 e. The highest BCUT2D eigenvalue weighted by atomic mass is 16.5. The number of phenols is 1. The summed E-state index contributed by atoms with van der Waals surface area (Å²) >= 11 is 0. The van der Waals surface area contributed by atoms with Gasteiger partial charge in [-0.1, -0.05) is 32.4 Å². The van der Waals surface area contributed by atoms with E-state index < -0.39 is 0 Å². The predicted molar refractivity (Wildman–Crippen MR) is 74.0 cm³/mol. The number of phenolic OH excluding ortho intramolecular Hbond substituents is 1. The first-order chi connectivity index (χ1) is 8.72. The lowest BCUT2D eigenvalue weighted by Gasteiger charge is -2.43. The molecule has 0 heterocycles. The number of para-hydroxylation sites is 2. The summed E-state index contributed by atoms with van der Waals surface area (Å²) in [6, 6.07) is 7.32. The Hall–Kier alpha value is -1.18. The SMILES string of the molecule is CCC1CCCCC1(CC)Oc1ccccc1O. The van der Waals surface area contributed by atoms with Crippen molar-refractivity contribution in [3.05, 3.63) is 24.3 Å². The van der Waals surface area contributed by atoms with Gasteiger partial charge in [0, 0.05) is 0 Å². The first-order valence-corrected chi connectivity index (χ1v) is 7.19. The fourth-order valence-electron chi connectivity index (χ4n) is 3.29. The zero-order chi connectivity index (χ0) is 13.0. The molecule has 0 aliphatic heterocycles. The van der Waals surface area contributed by atoms with Crippen LogP contribution in [0.2, 0.25) is 0 Å². The Morgan fingerprint density at radius 2 is 2.06 bits per heavy atom. The smallest absolute Gasteiger partial charge is 0.161 e. The van der Waals surface area contributed by atoms with Crippen molar-refractivity contribution in [2.75, 3.05) is 0 Å². The van der Waals surface area contributed by atoms with E-state index in [0.29, 0.717) is 11.7 Å². The molecule has 2 atom stereocenters. The summed E-state index contributed by atoms with van der Waals surface area (Å²) in [6.45, 7) is 4.45. The van der Waals surface area contributed by atoms with E-state index in [1.807, 2.05) is 18.2 Å². The van der Waals surface area contributed by atoms with Crippen LogP contribution in [0.25, 0.3) is 0 Å². The maximum absolute atomic E-state index is 9.89. The molecule has 100 valence electrons. The van der Waals surface area contributed by atoms with E-state index in [9.17, 15) is 5.11 Å². The summed E-state index contributed by atoms with van der Waals surface area (Å²) < 4.78 is 6.28. The summed E-state index contributed by atoms with van der Waals surface area (Å²) in [5.41, 5.74) is -0.0775. The van der Waals surface area contributed by atoms with Gasteiger partial charge in [-0.2, -0.15) is 0 Å². The van der Waals surface area contributed by atoms with E-state index in [1.54, 1.807) is 6.07 Å². The summed E-state index contributed by atoms with van der Waals surface area (Å²) in [7, 11) is 0. The van der Waals surface area contributed by atoms with Crippen molar-refractivity contribution < 1.29 is 9.84 Å². The molecule has 1 aromatic rings. The van der Waals surface area contributed by atoms with Crippen LogP contribution < -0.4 is 4.74 Å². The highest BCUT2D eigenvalue weighted by Crippen LogP contribution is 2.43. The highest BCUT2D eigenvalue weighted by molar-refractivity contribution is 5.38.